The minimum atomic E-state index is -0.265. The highest BCUT2D eigenvalue weighted by Gasteiger charge is 2.14. The Labute approximate surface area is 176 Å². The molecule has 0 aliphatic heterocycles. The molecule has 0 saturated heterocycles. The topological polar surface area (TPSA) is 79.0 Å². The molecule has 5 aromatic rings. The SMILES string of the molecule is COc1ccccc1-n1ccc2c(cnc3ccn(Cc4cccnc4)c(=O)c32)c1=O. The maximum atomic E-state index is 13.3. The van der Waals surface area contributed by atoms with Crippen molar-refractivity contribution in [3.63, 3.8) is 0 Å². The Morgan fingerprint density at radius 3 is 2.58 bits per heavy atom. The first kappa shape index (κ1) is 18.7. The highest BCUT2D eigenvalue weighted by molar-refractivity contribution is 6.04. The molecule has 0 saturated carbocycles. The van der Waals surface area contributed by atoms with Gasteiger partial charge < -0.3 is 9.30 Å². The zero-order valence-electron chi connectivity index (χ0n) is 16.7. The van der Waals surface area contributed by atoms with Crippen LogP contribution in [0, 0.1) is 0 Å². The van der Waals surface area contributed by atoms with Gasteiger partial charge in [0.25, 0.3) is 11.1 Å². The number of rotatable bonds is 4. The Kier molecular flexibility index (Phi) is 4.55. The minimum Gasteiger partial charge on any atom is -0.495 e. The van der Waals surface area contributed by atoms with Crippen LogP contribution in [0.15, 0.2) is 89.1 Å². The van der Waals surface area contributed by atoms with Crippen LogP contribution in [-0.4, -0.2) is 26.2 Å². The van der Waals surface area contributed by atoms with Gasteiger partial charge in [0.05, 0.1) is 35.6 Å². The molecule has 0 N–H and O–H groups in total. The second kappa shape index (κ2) is 7.53. The lowest BCUT2D eigenvalue weighted by Crippen LogP contribution is -2.22. The van der Waals surface area contributed by atoms with Crippen molar-refractivity contribution >= 4 is 21.7 Å². The number of pyridine rings is 4. The molecule has 0 aliphatic rings. The zero-order valence-corrected chi connectivity index (χ0v) is 16.7. The van der Waals surface area contributed by atoms with Crippen LogP contribution < -0.4 is 15.9 Å². The van der Waals surface area contributed by atoms with Gasteiger partial charge in [-0.25, -0.2) is 0 Å². The Balaban J connectivity index is 1.73. The summed E-state index contributed by atoms with van der Waals surface area (Å²) in [5, 5.41) is 1.37. The van der Waals surface area contributed by atoms with Crippen molar-refractivity contribution < 1.29 is 4.74 Å². The highest BCUT2D eigenvalue weighted by Crippen LogP contribution is 2.23. The van der Waals surface area contributed by atoms with Crippen LogP contribution in [0.4, 0.5) is 0 Å². The summed E-state index contributed by atoms with van der Waals surface area (Å²) in [5.41, 5.74) is 1.62. The molecule has 0 amide bonds. The predicted molar refractivity (Wildman–Crippen MR) is 119 cm³/mol. The molecule has 7 heteroatoms. The number of fused-ring (bicyclic) bond motifs is 3. The Morgan fingerprint density at radius 1 is 0.903 bits per heavy atom. The minimum absolute atomic E-state index is 0.200. The Morgan fingerprint density at radius 2 is 1.77 bits per heavy atom. The van der Waals surface area contributed by atoms with E-state index in [1.54, 1.807) is 60.7 Å². The monoisotopic (exact) mass is 410 g/mol. The summed E-state index contributed by atoms with van der Waals surface area (Å²) < 4.78 is 8.50. The van der Waals surface area contributed by atoms with Gasteiger partial charge in [-0.1, -0.05) is 18.2 Å². The first-order chi connectivity index (χ1) is 15.2. The van der Waals surface area contributed by atoms with Crippen molar-refractivity contribution in [2.45, 2.75) is 6.54 Å². The number of hydrogen-bond acceptors (Lipinski definition) is 5. The van der Waals surface area contributed by atoms with Crippen LogP contribution in [0.3, 0.4) is 0 Å². The lowest BCUT2D eigenvalue weighted by Gasteiger charge is -2.12. The number of aromatic nitrogens is 4. The van der Waals surface area contributed by atoms with Gasteiger partial charge >= 0.3 is 0 Å². The molecule has 1 aromatic carbocycles. The molecule has 0 radical (unpaired) electrons. The van der Waals surface area contributed by atoms with Gasteiger partial charge in [-0.3, -0.25) is 24.1 Å². The van der Waals surface area contributed by atoms with Crippen molar-refractivity contribution in [3.8, 4) is 11.4 Å². The summed E-state index contributed by atoms with van der Waals surface area (Å²) in [6.07, 6.45) is 8.32. The Hall–Kier alpha value is -4.26. The maximum absolute atomic E-state index is 13.3. The van der Waals surface area contributed by atoms with Crippen molar-refractivity contribution in [2.24, 2.45) is 0 Å². The maximum Gasteiger partial charge on any atom is 0.264 e. The first-order valence-corrected chi connectivity index (χ1v) is 9.73. The van der Waals surface area contributed by atoms with Crippen LogP contribution in [0.25, 0.3) is 27.4 Å². The van der Waals surface area contributed by atoms with Crippen molar-refractivity contribution in [3.05, 3.63) is 106 Å². The van der Waals surface area contributed by atoms with Crippen molar-refractivity contribution in [1.82, 2.24) is 19.1 Å². The van der Waals surface area contributed by atoms with E-state index in [9.17, 15) is 9.59 Å². The van der Waals surface area contributed by atoms with Gasteiger partial charge in [0, 0.05) is 36.4 Å². The molecule has 5 rings (SSSR count). The van der Waals surface area contributed by atoms with Gasteiger partial charge in [0.15, 0.2) is 0 Å². The molecule has 31 heavy (non-hydrogen) atoms. The van der Waals surface area contributed by atoms with Gasteiger partial charge in [-0.15, -0.1) is 0 Å². The highest BCUT2D eigenvalue weighted by atomic mass is 16.5. The van der Waals surface area contributed by atoms with Crippen molar-refractivity contribution in [2.75, 3.05) is 7.11 Å². The summed E-state index contributed by atoms with van der Waals surface area (Å²) in [7, 11) is 1.56. The fourth-order valence-electron chi connectivity index (χ4n) is 3.79. The van der Waals surface area contributed by atoms with Crippen LogP contribution in [0.5, 0.6) is 5.75 Å². The van der Waals surface area contributed by atoms with E-state index in [0.717, 1.165) is 5.56 Å². The summed E-state index contributed by atoms with van der Waals surface area (Å²) >= 11 is 0. The van der Waals surface area contributed by atoms with E-state index >= 15 is 0 Å². The molecule has 0 bridgehead atoms. The number of methoxy groups -OCH3 is 1. The lowest BCUT2D eigenvalue weighted by atomic mass is 10.1. The average Bonchev–Trinajstić information content (AvgIpc) is 2.81. The third-order valence-corrected chi connectivity index (χ3v) is 5.30. The molecular weight excluding hydrogens is 392 g/mol. The van der Waals surface area contributed by atoms with Gasteiger partial charge in [-0.05, 0) is 35.9 Å². The van der Waals surface area contributed by atoms with E-state index in [1.807, 2.05) is 24.3 Å². The summed E-state index contributed by atoms with van der Waals surface area (Å²) in [6.45, 7) is 0.386. The number of ether oxygens (including phenoxy) is 1. The number of para-hydroxylation sites is 2. The standard InChI is InChI=1S/C24H18N4O3/c1-31-21-7-3-2-6-20(21)28-12-8-17-18(23(28)29)14-26-19-9-11-27(24(30)22(17)19)15-16-5-4-10-25-13-16/h2-14H,15H2,1H3. The van der Waals surface area contributed by atoms with E-state index < -0.39 is 0 Å². The average molecular weight is 410 g/mol. The van der Waals surface area contributed by atoms with Gasteiger partial charge in [0.1, 0.15) is 5.75 Å². The van der Waals surface area contributed by atoms with E-state index in [0.29, 0.717) is 39.7 Å². The third-order valence-electron chi connectivity index (χ3n) is 5.30. The summed E-state index contributed by atoms with van der Waals surface area (Å²) in [5.74, 6) is 0.580. The molecule has 0 atom stereocenters. The van der Waals surface area contributed by atoms with Gasteiger partial charge in [0.2, 0.25) is 0 Å². The largest absolute Gasteiger partial charge is 0.495 e. The molecule has 0 aliphatic carbocycles. The molecule has 0 fully saturated rings. The fourth-order valence-corrected chi connectivity index (χ4v) is 3.79. The first-order valence-electron chi connectivity index (χ1n) is 9.73. The van der Waals surface area contributed by atoms with Crippen LogP contribution in [0.2, 0.25) is 0 Å². The predicted octanol–water partition coefficient (Wildman–Crippen LogP) is 3.15. The fraction of sp³-hybridized carbons (Fsp3) is 0.0833. The van der Waals surface area contributed by atoms with E-state index in [2.05, 4.69) is 9.97 Å². The number of hydrogen-bond donors (Lipinski definition) is 0. The number of nitrogens with zero attached hydrogens (tertiary/aromatic N) is 4. The molecule has 7 nitrogen and oxygen atoms in total. The summed E-state index contributed by atoms with van der Waals surface area (Å²) in [6, 6.07) is 14.6. The second-order valence-electron chi connectivity index (χ2n) is 7.12. The van der Waals surface area contributed by atoms with Gasteiger partial charge in [-0.2, -0.15) is 0 Å². The Bertz CT molecular complexity index is 1540. The third kappa shape index (κ3) is 3.16. The zero-order chi connectivity index (χ0) is 21.4. The molecule has 152 valence electrons. The van der Waals surface area contributed by atoms with E-state index in [1.165, 1.54) is 10.8 Å². The molecule has 0 spiro atoms. The summed E-state index contributed by atoms with van der Waals surface area (Å²) in [4.78, 5) is 35.1. The normalized spacial score (nSPS) is 11.1. The molecule has 4 aromatic heterocycles. The molecular formula is C24H18N4O3. The second-order valence-corrected chi connectivity index (χ2v) is 7.12. The van der Waals surface area contributed by atoms with Crippen LogP contribution in [0.1, 0.15) is 5.56 Å². The van der Waals surface area contributed by atoms with Crippen molar-refractivity contribution in [1.29, 1.82) is 0 Å². The quantitative estimate of drug-likeness (QED) is 0.425. The van der Waals surface area contributed by atoms with Crippen LogP contribution >= 0.6 is 0 Å². The molecule has 0 unspecified atom stereocenters. The van der Waals surface area contributed by atoms with Crippen LogP contribution in [-0.2, 0) is 6.54 Å². The molecule has 4 heterocycles. The number of benzene rings is 1. The van der Waals surface area contributed by atoms with E-state index in [4.69, 9.17) is 4.74 Å². The van der Waals surface area contributed by atoms with E-state index in [-0.39, 0.29) is 11.1 Å². The smallest absolute Gasteiger partial charge is 0.264 e. The lowest BCUT2D eigenvalue weighted by molar-refractivity contribution is 0.412.